The highest BCUT2D eigenvalue weighted by atomic mass is 19.1. The monoisotopic (exact) mass is 218 g/mol. The number of amides is 1. The van der Waals surface area contributed by atoms with Crippen LogP contribution in [0.25, 0.3) is 0 Å². The van der Waals surface area contributed by atoms with Gasteiger partial charge in [0.25, 0.3) is 0 Å². The van der Waals surface area contributed by atoms with Crippen LogP contribution < -0.4 is 10.6 Å². The number of fused-ring (bicyclic) bond motifs is 2. The molecular formula is C12H11FN2O. The maximum absolute atomic E-state index is 13.8. The average molecular weight is 218 g/mol. The van der Waals surface area contributed by atoms with Crippen LogP contribution >= 0.6 is 0 Å². The van der Waals surface area contributed by atoms with Gasteiger partial charge < -0.3 is 10.6 Å². The van der Waals surface area contributed by atoms with Gasteiger partial charge in [-0.3, -0.25) is 4.79 Å². The fourth-order valence-electron chi connectivity index (χ4n) is 2.39. The fraction of sp³-hybridized carbons (Fsp3) is 0.250. The third-order valence-electron chi connectivity index (χ3n) is 3.43. The number of allylic oxidation sites excluding steroid dienone is 1. The first-order valence-electron chi connectivity index (χ1n) is 5.18. The smallest absolute Gasteiger partial charge is 0.211 e. The Morgan fingerprint density at radius 3 is 2.88 bits per heavy atom. The van der Waals surface area contributed by atoms with Crippen LogP contribution in [0.5, 0.6) is 0 Å². The molecule has 0 aromatic heterocycles. The van der Waals surface area contributed by atoms with Gasteiger partial charge in [-0.1, -0.05) is 6.58 Å². The van der Waals surface area contributed by atoms with Gasteiger partial charge in [0.2, 0.25) is 6.41 Å². The molecule has 82 valence electrons. The van der Waals surface area contributed by atoms with E-state index >= 15 is 0 Å². The number of rotatable bonds is 2. The third kappa shape index (κ3) is 1.04. The minimum atomic E-state index is -0.341. The zero-order valence-electron chi connectivity index (χ0n) is 8.64. The lowest BCUT2D eigenvalue weighted by Crippen LogP contribution is -2.05. The molecule has 1 saturated carbocycles. The molecule has 1 aliphatic carbocycles. The van der Waals surface area contributed by atoms with Crippen molar-refractivity contribution < 1.29 is 9.18 Å². The summed E-state index contributed by atoms with van der Waals surface area (Å²) in [7, 11) is 0. The van der Waals surface area contributed by atoms with Crippen LogP contribution in [0.4, 0.5) is 15.8 Å². The maximum atomic E-state index is 13.8. The van der Waals surface area contributed by atoms with E-state index in [4.69, 9.17) is 0 Å². The lowest BCUT2D eigenvalue weighted by molar-refractivity contribution is -0.105. The molecule has 3 rings (SSSR count). The van der Waals surface area contributed by atoms with Gasteiger partial charge in [0.05, 0.1) is 5.69 Å². The number of nitrogens with one attached hydrogen (secondary N) is 2. The largest absolute Gasteiger partial charge is 0.356 e. The maximum Gasteiger partial charge on any atom is 0.211 e. The van der Waals surface area contributed by atoms with Crippen LogP contribution in [0.3, 0.4) is 0 Å². The SMILES string of the molecule is C=C1Nc2c(F)cc(NC=O)cc2C12CC2. The zero-order valence-corrected chi connectivity index (χ0v) is 8.64. The predicted octanol–water partition coefficient (Wildman–Crippen LogP) is 2.36. The van der Waals surface area contributed by atoms with Gasteiger partial charge in [-0.05, 0) is 30.5 Å². The molecule has 0 atom stereocenters. The summed E-state index contributed by atoms with van der Waals surface area (Å²) < 4.78 is 13.8. The normalized spacial score (nSPS) is 19.2. The molecule has 3 nitrogen and oxygen atoms in total. The minimum Gasteiger partial charge on any atom is -0.356 e. The van der Waals surface area contributed by atoms with Crippen molar-refractivity contribution in [2.24, 2.45) is 0 Å². The molecule has 0 unspecified atom stereocenters. The second-order valence-electron chi connectivity index (χ2n) is 4.33. The second-order valence-corrected chi connectivity index (χ2v) is 4.33. The van der Waals surface area contributed by atoms with Crippen molar-refractivity contribution in [3.05, 3.63) is 35.8 Å². The number of carbonyl (C=O) groups excluding carboxylic acids is 1. The highest BCUT2D eigenvalue weighted by Gasteiger charge is 2.52. The van der Waals surface area contributed by atoms with Gasteiger partial charge in [-0.25, -0.2) is 4.39 Å². The van der Waals surface area contributed by atoms with Crippen LogP contribution in [0.15, 0.2) is 24.4 Å². The average Bonchev–Trinajstić information content (AvgIpc) is 2.97. The number of carbonyl (C=O) groups is 1. The summed E-state index contributed by atoms with van der Waals surface area (Å²) in [4.78, 5) is 10.4. The zero-order chi connectivity index (χ0) is 11.3. The number of hydrogen-bond donors (Lipinski definition) is 2. The molecule has 1 aromatic carbocycles. The summed E-state index contributed by atoms with van der Waals surface area (Å²) in [5.41, 5.74) is 2.70. The van der Waals surface area contributed by atoms with Crippen LogP contribution in [0.2, 0.25) is 0 Å². The first-order chi connectivity index (χ1) is 7.67. The summed E-state index contributed by atoms with van der Waals surface area (Å²) >= 11 is 0. The molecule has 2 aliphatic rings. The molecule has 1 amide bonds. The molecule has 0 radical (unpaired) electrons. The highest BCUT2D eigenvalue weighted by Crippen LogP contribution is 2.60. The Balaban J connectivity index is 2.16. The molecule has 1 aromatic rings. The number of anilines is 2. The molecule has 1 spiro atoms. The van der Waals surface area contributed by atoms with Gasteiger partial charge in [-0.2, -0.15) is 0 Å². The second kappa shape index (κ2) is 2.84. The quantitative estimate of drug-likeness (QED) is 0.748. The topological polar surface area (TPSA) is 41.1 Å². The fourth-order valence-corrected chi connectivity index (χ4v) is 2.39. The predicted molar refractivity (Wildman–Crippen MR) is 59.8 cm³/mol. The van der Waals surface area contributed by atoms with E-state index in [9.17, 15) is 9.18 Å². The van der Waals surface area contributed by atoms with E-state index < -0.39 is 0 Å². The van der Waals surface area contributed by atoms with E-state index in [0.29, 0.717) is 17.8 Å². The van der Waals surface area contributed by atoms with Crippen molar-refractivity contribution in [3.8, 4) is 0 Å². The molecular weight excluding hydrogens is 207 g/mol. The van der Waals surface area contributed by atoms with Gasteiger partial charge in [0.15, 0.2) is 0 Å². The summed E-state index contributed by atoms with van der Waals surface area (Å²) in [6, 6.07) is 3.14. The summed E-state index contributed by atoms with van der Waals surface area (Å²) in [6.07, 6.45) is 2.55. The minimum absolute atomic E-state index is 0.0866. The Kier molecular flexibility index (Phi) is 1.67. The van der Waals surface area contributed by atoms with E-state index in [1.807, 2.05) is 6.07 Å². The number of hydrogen-bond acceptors (Lipinski definition) is 2. The molecule has 1 aliphatic heterocycles. The summed E-state index contributed by atoms with van der Waals surface area (Å²) in [6.45, 7) is 3.93. The van der Waals surface area contributed by atoms with Crippen LogP contribution in [-0.4, -0.2) is 6.41 Å². The highest BCUT2D eigenvalue weighted by molar-refractivity contribution is 5.78. The third-order valence-corrected chi connectivity index (χ3v) is 3.43. The lowest BCUT2D eigenvalue weighted by Gasteiger charge is -2.09. The Bertz CT molecular complexity index is 506. The van der Waals surface area contributed by atoms with Crippen molar-refractivity contribution in [3.63, 3.8) is 0 Å². The van der Waals surface area contributed by atoms with E-state index in [0.717, 1.165) is 24.1 Å². The van der Waals surface area contributed by atoms with E-state index in [2.05, 4.69) is 17.2 Å². The van der Waals surface area contributed by atoms with Gasteiger partial charge >= 0.3 is 0 Å². The van der Waals surface area contributed by atoms with Crippen LogP contribution in [-0.2, 0) is 10.2 Å². The molecule has 4 heteroatoms. The van der Waals surface area contributed by atoms with E-state index in [-0.39, 0.29) is 11.2 Å². The molecule has 16 heavy (non-hydrogen) atoms. The molecule has 1 heterocycles. The first-order valence-corrected chi connectivity index (χ1v) is 5.18. The Labute approximate surface area is 92.3 Å². The van der Waals surface area contributed by atoms with Crippen molar-refractivity contribution >= 4 is 17.8 Å². The van der Waals surface area contributed by atoms with Gasteiger partial charge in [0, 0.05) is 16.8 Å². The van der Waals surface area contributed by atoms with Crippen LogP contribution in [0, 0.1) is 5.82 Å². The summed E-state index contributed by atoms with van der Waals surface area (Å²) in [5.74, 6) is -0.341. The Morgan fingerprint density at radius 1 is 1.50 bits per heavy atom. The molecule has 1 fully saturated rings. The van der Waals surface area contributed by atoms with Crippen molar-refractivity contribution in [1.29, 1.82) is 0 Å². The Morgan fingerprint density at radius 2 is 2.25 bits per heavy atom. The van der Waals surface area contributed by atoms with Gasteiger partial charge in [-0.15, -0.1) is 0 Å². The van der Waals surface area contributed by atoms with Crippen molar-refractivity contribution in [1.82, 2.24) is 0 Å². The van der Waals surface area contributed by atoms with Crippen molar-refractivity contribution in [2.75, 3.05) is 10.6 Å². The lowest BCUT2D eigenvalue weighted by atomic mass is 9.95. The number of benzene rings is 1. The van der Waals surface area contributed by atoms with Gasteiger partial charge in [0.1, 0.15) is 5.82 Å². The van der Waals surface area contributed by atoms with Crippen molar-refractivity contribution in [2.45, 2.75) is 18.3 Å². The molecule has 0 bridgehead atoms. The van der Waals surface area contributed by atoms with Crippen LogP contribution in [0.1, 0.15) is 18.4 Å². The number of halogens is 1. The first kappa shape index (κ1) is 9.39. The van der Waals surface area contributed by atoms with E-state index in [1.165, 1.54) is 6.07 Å². The van der Waals surface area contributed by atoms with E-state index in [1.54, 1.807) is 0 Å². The molecule has 0 saturated heterocycles. The molecule has 2 N–H and O–H groups in total. The summed E-state index contributed by atoms with van der Waals surface area (Å²) in [5, 5.41) is 5.48. The Hall–Kier alpha value is -1.84. The standard InChI is InChI=1S/C12H11FN2O/c1-7-12(2-3-12)9-4-8(14-6-16)5-10(13)11(9)15-7/h4-6,15H,1-3H2,(H,14,16).